The number of carbonyl (C=O) groups excluding carboxylic acids is 1. The lowest BCUT2D eigenvalue weighted by molar-refractivity contribution is 0.215. The maximum Gasteiger partial charge on any atom is 0.418 e. The van der Waals surface area contributed by atoms with Gasteiger partial charge in [-0.25, -0.2) is 14.2 Å². The summed E-state index contributed by atoms with van der Waals surface area (Å²) in [6.07, 6.45) is -1.31. The highest BCUT2D eigenvalue weighted by Gasteiger charge is 2.19. The molecule has 0 aliphatic carbocycles. The molecule has 1 unspecified atom stereocenters. The van der Waals surface area contributed by atoms with Crippen LogP contribution in [0.1, 0.15) is 18.6 Å². The Kier molecular flexibility index (Phi) is 6.27. The Hall–Kier alpha value is -2.87. The summed E-state index contributed by atoms with van der Waals surface area (Å²) in [5.41, 5.74) is 0.858. The number of anilines is 1. The van der Waals surface area contributed by atoms with E-state index in [9.17, 15) is 9.18 Å². The Morgan fingerprint density at radius 3 is 2.65 bits per heavy atom. The molecule has 1 heterocycles. The number of hydrogen-bond acceptors (Lipinski definition) is 5. The van der Waals surface area contributed by atoms with Crippen molar-refractivity contribution >= 4 is 56.0 Å². The summed E-state index contributed by atoms with van der Waals surface area (Å²) >= 11 is 13.4. The first kappa shape index (κ1) is 21.4. The van der Waals surface area contributed by atoms with Gasteiger partial charge in [-0.3, -0.25) is 5.32 Å². The maximum atomic E-state index is 14.2. The SMILES string of the molecule is CC(Oc1ccc2nc(NC(=O)Oc3ccccc3)sc2c1)c1c(F)ccc(Cl)c1Cl. The fourth-order valence-corrected chi connectivity index (χ4v) is 4.27. The number of halogens is 3. The molecule has 3 aromatic carbocycles. The lowest BCUT2D eigenvalue weighted by atomic mass is 10.1. The lowest BCUT2D eigenvalue weighted by Gasteiger charge is -2.17. The van der Waals surface area contributed by atoms with Crippen molar-refractivity contribution in [2.24, 2.45) is 0 Å². The number of ether oxygens (including phenoxy) is 2. The van der Waals surface area contributed by atoms with Crippen LogP contribution in [0.2, 0.25) is 10.0 Å². The molecule has 1 atom stereocenters. The number of benzene rings is 3. The van der Waals surface area contributed by atoms with E-state index in [4.69, 9.17) is 32.7 Å². The topological polar surface area (TPSA) is 60.5 Å². The van der Waals surface area contributed by atoms with Crippen molar-refractivity contribution in [3.63, 3.8) is 0 Å². The van der Waals surface area contributed by atoms with Crippen LogP contribution in [0.4, 0.5) is 14.3 Å². The number of aromatic nitrogens is 1. The smallest absolute Gasteiger partial charge is 0.418 e. The van der Waals surface area contributed by atoms with Crippen LogP contribution in [0, 0.1) is 5.82 Å². The van der Waals surface area contributed by atoms with Crippen LogP contribution >= 0.6 is 34.5 Å². The van der Waals surface area contributed by atoms with Crippen LogP contribution in [0.3, 0.4) is 0 Å². The summed E-state index contributed by atoms with van der Waals surface area (Å²) in [6, 6.07) is 16.6. The second-order valence-electron chi connectivity index (χ2n) is 6.49. The highest BCUT2D eigenvalue weighted by molar-refractivity contribution is 7.22. The summed E-state index contributed by atoms with van der Waals surface area (Å²) in [6.45, 7) is 1.68. The van der Waals surface area contributed by atoms with E-state index in [1.54, 1.807) is 49.4 Å². The molecule has 0 aliphatic rings. The summed E-state index contributed by atoms with van der Waals surface area (Å²) in [5, 5.41) is 3.37. The molecule has 158 valence electrons. The third-order valence-electron chi connectivity index (χ3n) is 4.32. The van der Waals surface area contributed by atoms with Gasteiger partial charge >= 0.3 is 6.09 Å². The fourth-order valence-electron chi connectivity index (χ4n) is 2.92. The van der Waals surface area contributed by atoms with Gasteiger partial charge in [0.25, 0.3) is 0 Å². The fraction of sp³-hybridized carbons (Fsp3) is 0.0909. The number of carbonyl (C=O) groups is 1. The Morgan fingerprint density at radius 1 is 1.10 bits per heavy atom. The van der Waals surface area contributed by atoms with Gasteiger partial charge in [-0.2, -0.15) is 0 Å². The Morgan fingerprint density at radius 2 is 1.87 bits per heavy atom. The zero-order valence-electron chi connectivity index (χ0n) is 16.1. The Labute approximate surface area is 191 Å². The van der Waals surface area contributed by atoms with E-state index in [2.05, 4.69) is 10.3 Å². The van der Waals surface area contributed by atoms with E-state index in [1.165, 1.54) is 23.5 Å². The molecule has 1 aromatic heterocycles. The monoisotopic (exact) mass is 476 g/mol. The first-order valence-corrected chi connectivity index (χ1v) is 10.7. The average molecular weight is 477 g/mol. The number of hydrogen-bond donors (Lipinski definition) is 1. The average Bonchev–Trinajstić information content (AvgIpc) is 3.13. The molecule has 0 bridgehead atoms. The van der Waals surface area contributed by atoms with Crippen LogP contribution in [0.5, 0.6) is 11.5 Å². The number of rotatable bonds is 5. The van der Waals surface area contributed by atoms with E-state index in [0.29, 0.717) is 22.1 Å². The molecular weight excluding hydrogens is 462 g/mol. The van der Waals surface area contributed by atoms with Crippen molar-refractivity contribution in [1.82, 2.24) is 4.98 Å². The Bertz CT molecular complexity index is 1250. The van der Waals surface area contributed by atoms with E-state index in [1.807, 2.05) is 6.07 Å². The van der Waals surface area contributed by atoms with Gasteiger partial charge in [0.15, 0.2) is 5.13 Å². The minimum absolute atomic E-state index is 0.122. The molecular formula is C22H15Cl2FN2O3S. The summed E-state index contributed by atoms with van der Waals surface area (Å²) in [4.78, 5) is 16.4. The number of para-hydroxylation sites is 1. The van der Waals surface area contributed by atoms with Crippen molar-refractivity contribution in [2.75, 3.05) is 5.32 Å². The van der Waals surface area contributed by atoms with Gasteiger partial charge < -0.3 is 9.47 Å². The van der Waals surface area contributed by atoms with Gasteiger partial charge in [0.1, 0.15) is 23.4 Å². The van der Waals surface area contributed by atoms with E-state index in [-0.39, 0.29) is 15.6 Å². The highest BCUT2D eigenvalue weighted by Crippen LogP contribution is 2.36. The third-order valence-corrected chi connectivity index (χ3v) is 6.07. The zero-order valence-corrected chi connectivity index (χ0v) is 18.4. The van der Waals surface area contributed by atoms with Crippen molar-refractivity contribution in [2.45, 2.75) is 13.0 Å². The number of fused-ring (bicyclic) bond motifs is 1. The molecule has 0 radical (unpaired) electrons. The van der Waals surface area contributed by atoms with Gasteiger partial charge in [-0.15, -0.1) is 0 Å². The van der Waals surface area contributed by atoms with Crippen LogP contribution in [0.15, 0.2) is 60.7 Å². The van der Waals surface area contributed by atoms with Crippen LogP contribution < -0.4 is 14.8 Å². The van der Waals surface area contributed by atoms with Crippen molar-refractivity contribution in [3.8, 4) is 11.5 Å². The number of nitrogens with zero attached hydrogens (tertiary/aromatic N) is 1. The number of nitrogens with one attached hydrogen (secondary N) is 1. The molecule has 0 fully saturated rings. The molecule has 1 N–H and O–H groups in total. The molecule has 0 saturated heterocycles. The minimum Gasteiger partial charge on any atom is -0.486 e. The molecule has 0 saturated carbocycles. The molecule has 0 aliphatic heterocycles. The largest absolute Gasteiger partial charge is 0.486 e. The number of thiazole rings is 1. The molecule has 4 aromatic rings. The van der Waals surface area contributed by atoms with Gasteiger partial charge in [0.05, 0.1) is 20.3 Å². The third kappa shape index (κ3) is 4.90. The lowest BCUT2D eigenvalue weighted by Crippen LogP contribution is -2.16. The second-order valence-corrected chi connectivity index (χ2v) is 8.31. The predicted octanol–water partition coefficient (Wildman–Crippen LogP) is 7.49. The minimum atomic E-state index is -0.671. The number of amides is 1. The van der Waals surface area contributed by atoms with Crippen molar-refractivity contribution in [1.29, 1.82) is 0 Å². The molecule has 9 heteroatoms. The van der Waals surface area contributed by atoms with Crippen molar-refractivity contribution < 1.29 is 18.7 Å². The first-order valence-electron chi connectivity index (χ1n) is 9.15. The molecule has 1 amide bonds. The van der Waals surface area contributed by atoms with Crippen LogP contribution in [0.25, 0.3) is 10.2 Å². The van der Waals surface area contributed by atoms with Gasteiger partial charge in [-0.05, 0) is 49.4 Å². The zero-order chi connectivity index (χ0) is 22.0. The summed E-state index contributed by atoms with van der Waals surface area (Å²) < 4.78 is 26.1. The van der Waals surface area contributed by atoms with E-state index < -0.39 is 18.0 Å². The quantitative estimate of drug-likeness (QED) is 0.303. The van der Waals surface area contributed by atoms with Crippen molar-refractivity contribution in [3.05, 3.63) is 82.1 Å². The van der Waals surface area contributed by atoms with Crippen LogP contribution in [-0.2, 0) is 0 Å². The highest BCUT2D eigenvalue weighted by atomic mass is 35.5. The summed E-state index contributed by atoms with van der Waals surface area (Å²) in [7, 11) is 0. The second kappa shape index (κ2) is 9.09. The van der Waals surface area contributed by atoms with Gasteiger partial charge in [-0.1, -0.05) is 52.7 Å². The van der Waals surface area contributed by atoms with E-state index in [0.717, 1.165) is 4.70 Å². The van der Waals surface area contributed by atoms with Crippen LogP contribution in [-0.4, -0.2) is 11.1 Å². The molecule has 31 heavy (non-hydrogen) atoms. The Balaban J connectivity index is 1.49. The molecule has 4 rings (SSSR count). The summed E-state index contributed by atoms with van der Waals surface area (Å²) in [5.74, 6) is 0.430. The normalized spacial score (nSPS) is 11.9. The maximum absolute atomic E-state index is 14.2. The molecule has 0 spiro atoms. The molecule has 5 nitrogen and oxygen atoms in total. The van der Waals surface area contributed by atoms with Gasteiger partial charge in [0, 0.05) is 5.56 Å². The first-order chi connectivity index (χ1) is 14.9. The predicted molar refractivity (Wildman–Crippen MR) is 121 cm³/mol. The van der Waals surface area contributed by atoms with Gasteiger partial charge in [0.2, 0.25) is 0 Å². The standard InChI is InChI=1S/C22H15Cl2FN2O3S/c1-12(19-16(25)9-8-15(23)20(19)24)29-14-7-10-17-18(11-14)31-21(26-17)27-22(28)30-13-5-3-2-4-6-13/h2-12H,1H3,(H,26,27,28). The van der Waals surface area contributed by atoms with E-state index >= 15 is 0 Å².